The lowest BCUT2D eigenvalue weighted by Crippen LogP contribution is -2.44. The van der Waals surface area contributed by atoms with Crippen LogP contribution in [0.5, 0.6) is 0 Å². The lowest BCUT2D eigenvalue weighted by atomic mass is 10.1. The molecule has 1 aliphatic heterocycles. The number of nitrogens with zero attached hydrogens (tertiary/aromatic N) is 1. The molecule has 1 saturated heterocycles. The van der Waals surface area contributed by atoms with Crippen LogP contribution in [0.25, 0.3) is 0 Å². The van der Waals surface area contributed by atoms with E-state index in [1.165, 1.54) is 17.7 Å². The third kappa shape index (κ3) is 4.73. The maximum Gasteiger partial charge on any atom is 0.242 e. The van der Waals surface area contributed by atoms with Crippen molar-refractivity contribution >= 4 is 27.3 Å². The summed E-state index contributed by atoms with van der Waals surface area (Å²) >= 11 is 5.91. The van der Waals surface area contributed by atoms with E-state index in [2.05, 4.69) is 21.8 Å². The number of sulfonamides is 1. The summed E-state index contributed by atoms with van der Waals surface area (Å²) in [4.78, 5) is 2.39. The van der Waals surface area contributed by atoms with E-state index in [1.807, 2.05) is 18.2 Å². The number of nitrogens with two attached hydrogens (primary N) is 1. The average molecular weight is 380 g/mol. The number of piperidine rings is 1. The van der Waals surface area contributed by atoms with E-state index in [1.54, 1.807) is 6.07 Å². The highest BCUT2D eigenvalue weighted by Crippen LogP contribution is 2.24. The minimum Gasteiger partial charge on any atom is -0.398 e. The Morgan fingerprint density at radius 3 is 2.48 bits per heavy atom. The van der Waals surface area contributed by atoms with Crippen molar-refractivity contribution in [1.29, 1.82) is 0 Å². The molecule has 0 radical (unpaired) electrons. The summed E-state index contributed by atoms with van der Waals surface area (Å²) in [6, 6.07) is 14.7. The fraction of sp³-hybridized carbons (Fsp3) is 0.333. The van der Waals surface area contributed by atoms with Gasteiger partial charge >= 0.3 is 0 Å². The van der Waals surface area contributed by atoms with Crippen LogP contribution in [-0.2, 0) is 16.6 Å². The van der Waals surface area contributed by atoms with Crippen LogP contribution in [0, 0.1) is 0 Å². The summed E-state index contributed by atoms with van der Waals surface area (Å²) in [5.41, 5.74) is 7.28. The Balaban J connectivity index is 1.59. The summed E-state index contributed by atoms with van der Waals surface area (Å²) in [6.45, 7) is 2.60. The lowest BCUT2D eigenvalue weighted by Gasteiger charge is -2.32. The first-order valence-electron chi connectivity index (χ1n) is 8.28. The van der Waals surface area contributed by atoms with E-state index in [9.17, 15) is 8.42 Å². The smallest absolute Gasteiger partial charge is 0.242 e. The number of anilines is 1. The van der Waals surface area contributed by atoms with Crippen molar-refractivity contribution in [3.05, 3.63) is 59.1 Å². The highest BCUT2D eigenvalue weighted by molar-refractivity contribution is 7.89. The van der Waals surface area contributed by atoms with Crippen LogP contribution < -0.4 is 10.5 Å². The number of rotatable bonds is 5. The molecule has 0 aromatic heterocycles. The van der Waals surface area contributed by atoms with Crippen LogP contribution in [-0.4, -0.2) is 32.4 Å². The lowest BCUT2D eigenvalue weighted by molar-refractivity contribution is 0.200. The van der Waals surface area contributed by atoms with Gasteiger partial charge in [-0.05, 0) is 36.6 Å². The maximum atomic E-state index is 12.6. The Morgan fingerprint density at radius 1 is 1.12 bits per heavy atom. The predicted molar refractivity (Wildman–Crippen MR) is 101 cm³/mol. The van der Waals surface area contributed by atoms with Gasteiger partial charge in [-0.15, -0.1) is 0 Å². The Hall–Kier alpha value is -1.60. The monoisotopic (exact) mass is 379 g/mol. The topological polar surface area (TPSA) is 75.4 Å². The summed E-state index contributed by atoms with van der Waals surface area (Å²) in [5, 5.41) is 0.354. The van der Waals surface area contributed by atoms with Gasteiger partial charge in [0.2, 0.25) is 10.0 Å². The van der Waals surface area contributed by atoms with Gasteiger partial charge in [0, 0.05) is 30.7 Å². The Bertz CT molecular complexity index is 819. The third-order valence-electron chi connectivity index (χ3n) is 4.42. The summed E-state index contributed by atoms with van der Waals surface area (Å²) in [6.07, 6.45) is 1.54. The molecule has 134 valence electrons. The van der Waals surface area contributed by atoms with E-state index in [4.69, 9.17) is 17.3 Å². The van der Waals surface area contributed by atoms with Crippen molar-refractivity contribution in [2.45, 2.75) is 30.3 Å². The molecule has 1 aliphatic rings. The first-order chi connectivity index (χ1) is 11.9. The molecule has 0 saturated carbocycles. The minimum absolute atomic E-state index is 0.0479. The molecule has 0 atom stereocenters. The minimum atomic E-state index is -3.67. The van der Waals surface area contributed by atoms with E-state index >= 15 is 0 Å². The van der Waals surface area contributed by atoms with Gasteiger partial charge < -0.3 is 5.73 Å². The van der Waals surface area contributed by atoms with Crippen LogP contribution >= 0.6 is 11.6 Å². The number of halogens is 1. The van der Waals surface area contributed by atoms with Gasteiger partial charge in [-0.2, -0.15) is 0 Å². The van der Waals surface area contributed by atoms with Crippen LogP contribution in [0.2, 0.25) is 5.02 Å². The average Bonchev–Trinajstić information content (AvgIpc) is 2.59. The van der Waals surface area contributed by atoms with E-state index in [0.29, 0.717) is 5.02 Å². The van der Waals surface area contributed by atoms with Crippen LogP contribution in [0.15, 0.2) is 53.4 Å². The SMILES string of the molecule is Nc1ccc(Cl)cc1S(=O)(=O)NC1CCN(Cc2ccccc2)CC1. The molecule has 1 fully saturated rings. The standard InChI is InChI=1S/C18H22ClN3O2S/c19-15-6-7-17(20)18(12-15)25(23,24)21-16-8-10-22(11-9-16)13-14-4-2-1-3-5-14/h1-7,12,16,21H,8-11,13,20H2. The molecule has 0 spiro atoms. The fourth-order valence-electron chi connectivity index (χ4n) is 3.07. The summed E-state index contributed by atoms with van der Waals surface area (Å²) < 4.78 is 27.9. The van der Waals surface area contributed by atoms with Gasteiger partial charge in [0.1, 0.15) is 4.90 Å². The number of hydrogen-bond donors (Lipinski definition) is 2. The van der Waals surface area contributed by atoms with Crippen LogP contribution in [0.1, 0.15) is 18.4 Å². The zero-order valence-electron chi connectivity index (χ0n) is 13.9. The molecule has 2 aromatic rings. The number of benzene rings is 2. The van der Waals surface area contributed by atoms with Gasteiger partial charge in [0.25, 0.3) is 0 Å². The van der Waals surface area contributed by atoms with Crippen LogP contribution in [0.4, 0.5) is 5.69 Å². The molecule has 2 aromatic carbocycles. The highest BCUT2D eigenvalue weighted by atomic mass is 35.5. The van der Waals surface area contributed by atoms with E-state index in [0.717, 1.165) is 32.5 Å². The fourth-order valence-corrected chi connectivity index (χ4v) is 4.77. The second-order valence-electron chi connectivity index (χ2n) is 6.34. The molecule has 0 amide bonds. The Morgan fingerprint density at radius 2 is 1.80 bits per heavy atom. The second-order valence-corrected chi connectivity index (χ2v) is 8.46. The molecule has 3 rings (SSSR count). The van der Waals surface area contributed by atoms with Crippen LogP contribution in [0.3, 0.4) is 0 Å². The van der Waals surface area contributed by atoms with Gasteiger partial charge in [-0.1, -0.05) is 41.9 Å². The number of hydrogen-bond acceptors (Lipinski definition) is 4. The molecule has 25 heavy (non-hydrogen) atoms. The third-order valence-corrected chi connectivity index (χ3v) is 6.23. The highest BCUT2D eigenvalue weighted by Gasteiger charge is 2.26. The maximum absolute atomic E-state index is 12.6. The largest absolute Gasteiger partial charge is 0.398 e. The normalized spacial score (nSPS) is 16.8. The van der Waals surface area contributed by atoms with Crippen molar-refractivity contribution in [3.63, 3.8) is 0 Å². The molecule has 7 heteroatoms. The first kappa shape index (κ1) is 18.2. The van der Waals surface area contributed by atoms with Crippen molar-refractivity contribution in [3.8, 4) is 0 Å². The zero-order valence-corrected chi connectivity index (χ0v) is 15.4. The van der Waals surface area contributed by atoms with Gasteiger partial charge in [0.15, 0.2) is 0 Å². The van der Waals surface area contributed by atoms with E-state index in [-0.39, 0.29) is 16.6 Å². The van der Waals surface area contributed by atoms with Crippen molar-refractivity contribution in [1.82, 2.24) is 9.62 Å². The van der Waals surface area contributed by atoms with Crippen molar-refractivity contribution < 1.29 is 8.42 Å². The number of nitrogens with one attached hydrogen (secondary N) is 1. The Kier molecular flexibility index (Phi) is 5.64. The molecule has 1 heterocycles. The number of likely N-dealkylation sites (tertiary alicyclic amines) is 1. The summed E-state index contributed by atoms with van der Waals surface area (Å²) in [5.74, 6) is 0. The van der Waals surface area contributed by atoms with Crippen molar-refractivity contribution in [2.24, 2.45) is 0 Å². The van der Waals surface area contributed by atoms with E-state index < -0.39 is 10.0 Å². The predicted octanol–water partition coefficient (Wildman–Crippen LogP) is 2.87. The quantitative estimate of drug-likeness (QED) is 0.783. The van der Waals surface area contributed by atoms with Gasteiger partial charge in [-0.3, -0.25) is 4.90 Å². The first-order valence-corrected chi connectivity index (χ1v) is 10.1. The molecule has 5 nitrogen and oxygen atoms in total. The molecular weight excluding hydrogens is 358 g/mol. The molecule has 0 unspecified atom stereocenters. The molecule has 3 N–H and O–H groups in total. The van der Waals surface area contributed by atoms with Gasteiger partial charge in [-0.25, -0.2) is 13.1 Å². The molecular formula is C18H22ClN3O2S. The van der Waals surface area contributed by atoms with Gasteiger partial charge in [0.05, 0.1) is 5.69 Å². The van der Waals surface area contributed by atoms with Crippen molar-refractivity contribution in [2.75, 3.05) is 18.8 Å². The molecule has 0 bridgehead atoms. The second kappa shape index (κ2) is 7.74. The zero-order chi connectivity index (χ0) is 17.9. The number of nitrogen functional groups attached to an aromatic ring is 1. The molecule has 0 aliphatic carbocycles. The summed E-state index contributed by atoms with van der Waals surface area (Å²) in [7, 11) is -3.67. The Labute approximate surface area is 153 Å².